The van der Waals surface area contributed by atoms with Crippen molar-refractivity contribution in [2.24, 2.45) is 17.4 Å². The van der Waals surface area contributed by atoms with Crippen molar-refractivity contribution in [1.82, 2.24) is 20.6 Å². The van der Waals surface area contributed by atoms with E-state index in [2.05, 4.69) is 31.2 Å². The molecule has 0 unspecified atom stereocenters. The van der Waals surface area contributed by atoms with Gasteiger partial charge < -0.3 is 57.5 Å². The summed E-state index contributed by atoms with van der Waals surface area (Å²) in [5.74, 6) is -3.47. The summed E-state index contributed by atoms with van der Waals surface area (Å²) in [5.41, 5.74) is 22.5. The van der Waals surface area contributed by atoms with Gasteiger partial charge in [0, 0.05) is 104 Å². The first-order chi connectivity index (χ1) is 42.7. The molecule has 0 atom stereocenters. The third kappa shape index (κ3) is 14.0. The maximum Gasteiger partial charge on any atom is 0.355 e. The van der Waals surface area contributed by atoms with Crippen LogP contribution in [0.2, 0.25) is 0 Å². The maximum atomic E-state index is 14.1. The quantitative estimate of drug-likeness (QED) is 0.0457. The lowest BCUT2D eigenvalue weighted by Gasteiger charge is -2.34. The van der Waals surface area contributed by atoms with Crippen LogP contribution < -0.4 is 42.2 Å². The van der Waals surface area contributed by atoms with Crippen LogP contribution in [0.1, 0.15) is 141 Å². The van der Waals surface area contributed by atoms with E-state index >= 15 is 0 Å². The second kappa shape index (κ2) is 28.0. The smallest absolute Gasteiger partial charge is 0.355 e. The van der Waals surface area contributed by atoms with E-state index in [1.54, 1.807) is 46.9 Å². The highest BCUT2D eigenvalue weighted by atomic mass is 32.1. The number of hydrogen-bond donors (Lipinski definition) is 9. The average molecular weight is 1260 g/mol. The Bertz CT molecular complexity index is 4090. The standard InChI is InChI=1S/C34H34N4O6S.C31H28N4O5S2.C2H6/c1-17-9-19(15-35)10-18(2)29(17)38-32(40)25-13-26-28(44-7-5-21-6-8-45-31(21)26)14-24(25)23-3-4-27(37-30(23)34(42)43)33(41)36-22-11-20(12-22)16-39;1-15-10-18(14-32)11-16(2)26(15)35-29(36)22-12-23-25(40-8-6-19-7-9-42-28(19)23)13-21(22)20-4-5-24(30(37)33-17(3)41)34-27(20)31(38)39;1-2/h3-4,6,8-10,13-14,20,22,39H,5,7,11-12,15-16,35H2,1-2H3,(H,36,41)(H,38,40)(H,42,43);4-5,7,9-13H,6,8,14,32H2,1-3H3,(H,35,36)(H,38,39)(H,33,37,41);1-2H3. The molecule has 0 radical (unpaired) electrons. The zero-order valence-corrected chi connectivity index (χ0v) is 52.6. The Kier molecular flexibility index (Phi) is 20.3. The molecule has 89 heavy (non-hydrogen) atoms. The molecule has 460 valence electrons. The number of aryl methyl sites for hydroxylation is 4. The van der Waals surface area contributed by atoms with Gasteiger partial charge in [-0.1, -0.05) is 50.3 Å². The predicted octanol–water partition coefficient (Wildman–Crippen LogP) is 11.5. The highest BCUT2D eigenvalue weighted by Gasteiger charge is 2.32. The van der Waals surface area contributed by atoms with E-state index in [1.165, 1.54) is 31.2 Å². The number of thiocarbonyl (C=S) groups is 1. The number of benzene rings is 4. The normalized spacial score (nSPS) is 14.2. The highest BCUT2D eigenvalue weighted by molar-refractivity contribution is 7.80. The molecule has 1 fully saturated rings. The van der Waals surface area contributed by atoms with Gasteiger partial charge in [-0.15, -0.1) is 22.7 Å². The van der Waals surface area contributed by atoms with E-state index < -0.39 is 35.6 Å². The Morgan fingerprint density at radius 2 is 1.00 bits per heavy atom. The zero-order valence-electron chi connectivity index (χ0n) is 50.1. The molecule has 4 amide bonds. The first-order valence-corrected chi connectivity index (χ1v) is 31.1. The number of nitrogens with zero attached hydrogens (tertiary/aromatic N) is 2. The molecular weight excluding hydrogens is 1190 g/mol. The van der Waals surface area contributed by atoms with Gasteiger partial charge in [0.2, 0.25) is 0 Å². The number of amides is 4. The number of aromatic nitrogens is 2. The van der Waals surface area contributed by atoms with Crippen LogP contribution in [0.15, 0.2) is 95.7 Å². The van der Waals surface area contributed by atoms with Crippen LogP contribution in [0.5, 0.6) is 11.5 Å². The van der Waals surface area contributed by atoms with Crippen LogP contribution >= 0.6 is 34.9 Å². The molecule has 0 bridgehead atoms. The van der Waals surface area contributed by atoms with Gasteiger partial charge in [0.15, 0.2) is 11.4 Å². The number of carbonyl (C=O) groups excluding carboxylic acids is 4. The van der Waals surface area contributed by atoms with E-state index in [-0.39, 0.29) is 68.6 Å². The number of pyridine rings is 2. The van der Waals surface area contributed by atoms with Crippen molar-refractivity contribution in [3.63, 3.8) is 0 Å². The van der Waals surface area contributed by atoms with E-state index in [0.717, 1.165) is 65.4 Å². The first-order valence-electron chi connectivity index (χ1n) is 28.9. The largest absolute Gasteiger partial charge is 0.493 e. The van der Waals surface area contributed by atoms with Crippen molar-refractivity contribution >= 4 is 86.8 Å². The molecule has 4 aromatic heterocycles. The Morgan fingerprint density at radius 1 is 0.584 bits per heavy atom. The minimum Gasteiger partial charge on any atom is -0.493 e. The fourth-order valence-corrected chi connectivity index (χ4v) is 13.2. The summed E-state index contributed by atoms with van der Waals surface area (Å²) >= 11 is 8.04. The monoisotopic (exact) mass is 1260 g/mol. The van der Waals surface area contributed by atoms with E-state index in [0.29, 0.717) is 86.0 Å². The third-order valence-corrected chi connectivity index (χ3v) is 17.5. The number of nitrogens with one attached hydrogen (secondary N) is 4. The van der Waals surface area contributed by atoms with Crippen molar-refractivity contribution in [2.75, 3.05) is 30.5 Å². The van der Waals surface area contributed by atoms with Gasteiger partial charge in [-0.05, 0) is 169 Å². The molecule has 11 N–H and O–H groups in total. The van der Waals surface area contributed by atoms with E-state index in [1.807, 2.05) is 88.7 Å². The van der Waals surface area contributed by atoms with Gasteiger partial charge in [0.05, 0.1) is 18.2 Å². The number of nitrogens with two attached hydrogens (primary N) is 2. The van der Waals surface area contributed by atoms with Crippen molar-refractivity contribution in [1.29, 1.82) is 0 Å². The number of carbonyl (C=O) groups is 6. The number of aromatic carboxylic acids is 2. The molecule has 0 saturated heterocycles. The number of carboxylic acid groups (broad SMARTS) is 2. The molecule has 2 aliphatic heterocycles. The number of fused-ring (bicyclic) bond motifs is 6. The summed E-state index contributed by atoms with van der Waals surface area (Å²) in [5, 5.41) is 45.1. The summed E-state index contributed by atoms with van der Waals surface area (Å²) in [6.45, 7) is 14.8. The Morgan fingerprint density at radius 3 is 1.38 bits per heavy atom. The average Bonchev–Trinajstić information content (AvgIpc) is 2.12. The fraction of sp³-hybridized carbons (Fsp3) is 0.269. The molecule has 1 saturated carbocycles. The van der Waals surface area contributed by atoms with Gasteiger partial charge in [0.1, 0.15) is 22.9 Å². The number of rotatable bonds is 14. The highest BCUT2D eigenvalue weighted by Crippen LogP contribution is 2.46. The van der Waals surface area contributed by atoms with E-state index in [9.17, 15) is 44.1 Å². The molecular formula is C67H68N8O11S3. The Hall–Kier alpha value is -9.03. The van der Waals surface area contributed by atoms with Crippen molar-refractivity contribution < 1.29 is 53.6 Å². The number of ether oxygens (including phenoxy) is 2. The molecule has 4 aromatic carbocycles. The zero-order chi connectivity index (χ0) is 64.0. The van der Waals surface area contributed by atoms with Gasteiger partial charge in [-0.2, -0.15) is 0 Å². The number of thiophene rings is 2. The van der Waals surface area contributed by atoms with Gasteiger partial charge in [0.25, 0.3) is 23.6 Å². The molecule has 1 aliphatic carbocycles. The number of hydrogen-bond acceptors (Lipinski definition) is 16. The van der Waals surface area contributed by atoms with Crippen LogP contribution in [0, 0.1) is 33.6 Å². The van der Waals surface area contributed by atoms with Crippen molar-refractivity contribution in [3.8, 4) is 54.6 Å². The lowest BCUT2D eigenvalue weighted by Crippen LogP contribution is -2.45. The van der Waals surface area contributed by atoms with Crippen molar-refractivity contribution in [2.45, 2.75) is 93.3 Å². The lowest BCUT2D eigenvalue weighted by molar-refractivity contribution is 0.0679. The molecule has 3 aliphatic rings. The molecule has 11 rings (SSSR count). The lowest BCUT2D eigenvalue weighted by atomic mass is 9.81. The minimum absolute atomic E-state index is 0.0462. The maximum absolute atomic E-state index is 14.1. The Labute approximate surface area is 527 Å². The molecule has 22 heteroatoms. The summed E-state index contributed by atoms with van der Waals surface area (Å²) in [6.07, 6.45) is 2.70. The van der Waals surface area contributed by atoms with Crippen LogP contribution in [-0.4, -0.2) is 91.7 Å². The van der Waals surface area contributed by atoms with Crippen LogP contribution in [0.25, 0.3) is 43.1 Å². The third-order valence-electron chi connectivity index (χ3n) is 15.5. The number of aliphatic hydroxyl groups excluding tert-OH is 1. The molecule has 19 nitrogen and oxygen atoms in total. The summed E-state index contributed by atoms with van der Waals surface area (Å²) in [7, 11) is 0. The summed E-state index contributed by atoms with van der Waals surface area (Å²) in [6, 6.07) is 24.4. The second-order valence-corrected chi connectivity index (χ2v) is 24.0. The van der Waals surface area contributed by atoms with Gasteiger partial charge in [-0.3, -0.25) is 19.2 Å². The van der Waals surface area contributed by atoms with Crippen LogP contribution in [-0.2, 0) is 25.9 Å². The Balaban J connectivity index is 0.000000206. The summed E-state index contributed by atoms with van der Waals surface area (Å²) < 4.78 is 12.2. The summed E-state index contributed by atoms with van der Waals surface area (Å²) in [4.78, 5) is 89.3. The predicted molar refractivity (Wildman–Crippen MR) is 350 cm³/mol. The van der Waals surface area contributed by atoms with Gasteiger partial charge in [-0.25, -0.2) is 19.6 Å². The van der Waals surface area contributed by atoms with E-state index in [4.69, 9.17) is 33.2 Å². The van der Waals surface area contributed by atoms with Crippen LogP contribution in [0.3, 0.4) is 0 Å². The number of aliphatic hydroxyl groups is 1. The topological polar surface area (TPSA) is 308 Å². The van der Waals surface area contributed by atoms with Gasteiger partial charge >= 0.3 is 11.9 Å². The molecule has 6 heterocycles. The first kappa shape index (κ1) is 64.4. The number of carboxylic acids is 2. The fourth-order valence-electron chi connectivity index (χ4n) is 11.2. The molecule has 0 spiro atoms. The van der Waals surface area contributed by atoms with Crippen LogP contribution in [0.4, 0.5) is 11.4 Å². The number of anilines is 2. The minimum atomic E-state index is -1.36. The second-order valence-electron chi connectivity index (χ2n) is 21.6. The van der Waals surface area contributed by atoms with Crippen molar-refractivity contribution in [3.05, 3.63) is 174 Å². The molecule has 8 aromatic rings. The SMILES string of the molecule is CC.CC(=S)NC(=O)c1ccc(-c2cc3c(cc2C(=O)Nc2c(C)cc(CN)cc2C)-c2sccc2CCO3)c(C(=O)O)n1.Cc1cc(CN)cc(C)c1NC(=O)c1cc2c(cc1-c1ccc(C(=O)NC3CC(CO)C3)nc1C(=O)O)OCCc1ccsc1-2.